The van der Waals surface area contributed by atoms with E-state index >= 15 is 0 Å². The Labute approximate surface area is 89.8 Å². The van der Waals surface area contributed by atoms with Crippen LogP contribution >= 0.6 is 15.9 Å². The number of halogens is 1. The van der Waals surface area contributed by atoms with Gasteiger partial charge in [0.05, 0.1) is 16.6 Å². The van der Waals surface area contributed by atoms with Gasteiger partial charge in [-0.25, -0.2) is 0 Å². The van der Waals surface area contributed by atoms with Gasteiger partial charge in [0.25, 0.3) is 5.69 Å². The van der Waals surface area contributed by atoms with Crippen molar-refractivity contribution in [1.29, 1.82) is 0 Å². The topological polar surface area (TPSA) is 63.4 Å². The fourth-order valence-corrected chi connectivity index (χ4v) is 1.63. The number of para-hydroxylation sites is 1. The van der Waals surface area contributed by atoms with E-state index in [1.807, 2.05) is 0 Å². The predicted molar refractivity (Wildman–Crippen MR) is 56.6 cm³/mol. The first-order valence-electron chi connectivity index (χ1n) is 4.06. The molecule has 0 aromatic heterocycles. The Bertz CT molecular complexity index is 354. The number of alkyl halides is 1. The molecule has 0 aliphatic heterocycles. The van der Waals surface area contributed by atoms with Gasteiger partial charge in [0.15, 0.2) is 0 Å². The summed E-state index contributed by atoms with van der Waals surface area (Å²) in [6.07, 6.45) is -0.838. The van der Waals surface area contributed by atoms with E-state index in [2.05, 4.69) is 15.9 Å². The second kappa shape index (κ2) is 4.52. The fraction of sp³-hybridized carbons (Fsp3) is 0.333. The molecule has 0 fully saturated rings. The summed E-state index contributed by atoms with van der Waals surface area (Å²) in [6, 6.07) is 4.92. The molecule has 1 N–H and O–H groups in total. The van der Waals surface area contributed by atoms with Crippen LogP contribution in [0.4, 0.5) is 5.69 Å². The molecule has 76 valence electrons. The summed E-state index contributed by atoms with van der Waals surface area (Å²) < 4.78 is 0. The van der Waals surface area contributed by atoms with Gasteiger partial charge < -0.3 is 5.11 Å². The lowest BCUT2D eigenvalue weighted by atomic mass is 10.0. The Morgan fingerprint density at radius 2 is 2.29 bits per heavy atom. The lowest BCUT2D eigenvalue weighted by Crippen LogP contribution is -2.04. The van der Waals surface area contributed by atoms with Crippen molar-refractivity contribution in [2.24, 2.45) is 0 Å². The zero-order chi connectivity index (χ0) is 10.7. The average Bonchev–Trinajstić information content (AvgIpc) is 2.15. The van der Waals surface area contributed by atoms with E-state index in [0.29, 0.717) is 11.1 Å². The van der Waals surface area contributed by atoms with Crippen molar-refractivity contribution in [2.75, 3.05) is 5.33 Å². The Kier molecular flexibility index (Phi) is 3.60. The quantitative estimate of drug-likeness (QED) is 0.515. The van der Waals surface area contributed by atoms with Gasteiger partial charge in [-0.1, -0.05) is 28.1 Å². The first-order valence-corrected chi connectivity index (χ1v) is 5.18. The standard InChI is InChI=1S/C9H10BrNO3/c1-6-3-2-4-7(8(12)5-10)9(6)11(13)14/h2-4,8,12H,5H2,1H3. The third-order valence-electron chi connectivity index (χ3n) is 1.96. The summed E-state index contributed by atoms with van der Waals surface area (Å²) in [7, 11) is 0. The van der Waals surface area contributed by atoms with E-state index in [1.165, 1.54) is 0 Å². The number of aliphatic hydroxyl groups excluding tert-OH is 1. The summed E-state index contributed by atoms with van der Waals surface area (Å²) in [4.78, 5) is 10.3. The highest BCUT2D eigenvalue weighted by molar-refractivity contribution is 9.09. The van der Waals surface area contributed by atoms with Crippen LogP contribution in [0, 0.1) is 17.0 Å². The molecule has 0 aliphatic rings. The van der Waals surface area contributed by atoms with Crippen LogP contribution in [-0.4, -0.2) is 15.4 Å². The number of hydrogen-bond acceptors (Lipinski definition) is 3. The number of aryl methyl sites for hydroxylation is 1. The van der Waals surface area contributed by atoms with E-state index < -0.39 is 11.0 Å². The lowest BCUT2D eigenvalue weighted by Gasteiger charge is -2.08. The molecular formula is C9H10BrNO3. The van der Waals surface area contributed by atoms with Crippen LogP contribution in [-0.2, 0) is 0 Å². The molecule has 0 spiro atoms. The summed E-state index contributed by atoms with van der Waals surface area (Å²) in [6.45, 7) is 1.66. The number of nitrogens with zero attached hydrogens (tertiary/aromatic N) is 1. The molecule has 14 heavy (non-hydrogen) atoms. The van der Waals surface area contributed by atoms with E-state index in [9.17, 15) is 15.2 Å². The molecule has 1 unspecified atom stereocenters. The maximum Gasteiger partial charge on any atom is 0.278 e. The predicted octanol–water partition coefficient (Wildman–Crippen LogP) is 2.33. The first kappa shape index (κ1) is 11.1. The molecule has 0 saturated carbocycles. The van der Waals surface area contributed by atoms with Crippen molar-refractivity contribution in [1.82, 2.24) is 0 Å². The zero-order valence-electron chi connectivity index (χ0n) is 7.61. The molecule has 0 bridgehead atoms. The summed E-state index contributed by atoms with van der Waals surface area (Å²) >= 11 is 3.09. The normalized spacial score (nSPS) is 12.5. The van der Waals surface area contributed by atoms with Crippen LogP contribution in [0.5, 0.6) is 0 Å². The monoisotopic (exact) mass is 259 g/mol. The highest BCUT2D eigenvalue weighted by Crippen LogP contribution is 2.29. The van der Waals surface area contributed by atoms with E-state index in [4.69, 9.17) is 0 Å². The maximum atomic E-state index is 10.7. The van der Waals surface area contributed by atoms with Gasteiger partial charge >= 0.3 is 0 Å². The Morgan fingerprint density at radius 1 is 1.64 bits per heavy atom. The molecule has 0 heterocycles. The van der Waals surface area contributed by atoms with Gasteiger partial charge in [-0.15, -0.1) is 0 Å². The smallest absolute Gasteiger partial charge is 0.278 e. The molecule has 1 aromatic rings. The highest BCUT2D eigenvalue weighted by atomic mass is 79.9. The summed E-state index contributed by atoms with van der Waals surface area (Å²) in [5.41, 5.74) is 0.916. The Morgan fingerprint density at radius 3 is 2.79 bits per heavy atom. The highest BCUT2D eigenvalue weighted by Gasteiger charge is 2.21. The van der Waals surface area contributed by atoms with Gasteiger partial charge in [0.2, 0.25) is 0 Å². The summed E-state index contributed by atoms with van der Waals surface area (Å²) in [5, 5.41) is 20.6. The number of rotatable bonds is 3. The number of aliphatic hydroxyl groups is 1. The number of benzene rings is 1. The van der Waals surface area contributed by atoms with Gasteiger partial charge in [0, 0.05) is 10.9 Å². The Balaban J connectivity index is 3.28. The number of nitro benzene ring substituents is 1. The van der Waals surface area contributed by atoms with Crippen LogP contribution in [0.15, 0.2) is 18.2 Å². The molecule has 0 amide bonds. The second-order valence-corrected chi connectivity index (χ2v) is 3.59. The van der Waals surface area contributed by atoms with E-state index in [1.54, 1.807) is 25.1 Å². The number of hydrogen-bond donors (Lipinski definition) is 1. The van der Waals surface area contributed by atoms with Gasteiger partial charge in [0.1, 0.15) is 0 Å². The molecule has 4 nitrogen and oxygen atoms in total. The average molecular weight is 260 g/mol. The third kappa shape index (κ3) is 2.10. The van der Waals surface area contributed by atoms with Crippen molar-refractivity contribution >= 4 is 21.6 Å². The van der Waals surface area contributed by atoms with Crippen LogP contribution in [0.1, 0.15) is 17.2 Å². The van der Waals surface area contributed by atoms with Gasteiger partial charge in [-0.3, -0.25) is 10.1 Å². The van der Waals surface area contributed by atoms with Crippen molar-refractivity contribution in [3.63, 3.8) is 0 Å². The minimum atomic E-state index is -0.838. The van der Waals surface area contributed by atoms with Crippen molar-refractivity contribution in [2.45, 2.75) is 13.0 Å². The van der Waals surface area contributed by atoms with Gasteiger partial charge in [-0.2, -0.15) is 0 Å². The van der Waals surface area contributed by atoms with Crippen LogP contribution < -0.4 is 0 Å². The molecular weight excluding hydrogens is 250 g/mol. The first-order chi connectivity index (χ1) is 6.57. The van der Waals surface area contributed by atoms with E-state index in [0.717, 1.165) is 0 Å². The molecule has 1 rings (SSSR count). The molecule has 1 aromatic carbocycles. The van der Waals surface area contributed by atoms with Crippen molar-refractivity contribution < 1.29 is 10.0 Å². The molecule has 5 heteroatoms. The largest absolute Gasteiger partial charge is 0.387 e. The van der Waals surface area contributed by atoms with Gasteiger partial charge in [-0.05, 0) is 13.0 Å². The summed E-state index contributed by atoms with van der Waals surface area (Å²) in [5.74, 6) is 0. The molecule has 1 atom stereocenters. The van der Waals surface area contributed by atoms with Crippen molar-refractivity contribution in [3.8, 4) is 0 Å². The zero-order valence-corrected chi connectivity index (χ0v) is 9.19. The number of nitro groups is 1. The van der Waals surface area contributed by atoms with Crippen LogP contribution in [0.25, 0.3) is 0 Å². The molecule has 0 radical (unpaired) electrons. The minimum absolute atomic E-state index is 0.000509. The minimum Gasteiger partial charge on any atom is -0.387 e. The van der Waals surface area contributed by atoms with Crippen LogP contribution in [0.3, 0.4) is 0 Å². The van der Waals surface area contributed by atoms with E-state index in [-0.39, 0.29) is 11.0 Å². The third-order valence-corrected chi connectivity index (χ3v) is 2.57. The maximum absolute atomic E-state index is 10.7. The Hall–Kier alpha value is -0.940. The fourth-order valence-electron chi connectivity index (χ4n) is 1.28. The SMILES string of the molecule is Cc1cccc(C(O)CBr)c1[N+](=O)[O-]. The lowest BCUT2D eigenvalue weighted by molar-refractivity contribution is -0.386. The van der Waals surface area contributed by atoms with Crippen LogP contribution in [0.2, 0.25) is 0 Å². The van der Waals surface area contributed by atoms with Crippen molar-refractivity contribution in [3.05, 3.63) is 39.4 Å². The molecule has 0 aliphatic carbocycles. The second-order valence-electron chi connectivity index (χ2n) is 2.94. The molecule has 0 saturated heterocycles.